The fourth-order valence-electron chi connectivity index (χ4n) is 1.50. The molecule has 106 valence electrons. The molecule has 0 aliphatic carbocycles. The summed E-state index contributed by atoms with van der Waals surface area (Å²) in [4.78, 5) is 11.5. The molecule has 0 bridgehead atoms. The lowest BCUT2D eigenvalue weighted by Crippen LogP contribution is -2.30. The highest BCUT2D eigenvalue weighted by atomic mass is 16.5. The molecule has 1 unspecified atom stereocenters. The van der Waals surface area contributed by atoms with Gasteiger partial charge in [-0.1, -0.05) is 19.9 Å². The van der Waals surface area contributed by atoms with E-state index in [9.17, 15) is 4.79 Å². The van der Waals surface area contributed by atoms with Crippen LogP contribution in [0.1, 0.15) is 33.6 Å². The lowest BCUT2D eigenvalue weighted by Gasteiger charge is -2.14. The van der Waals surface area contributed by atoms with E-state index in [2.05, 4.69) is 17.6 Å². The summed E-state index contributed by atoms with van der Waals surface area (Å²) < 4.78 is 5.74. The second-order valence-corrected chi connectivity index (χ2v) is 4.57. The number of hydrogen-bond acceptors (Lipinski definition) is 3. The Morgan fingerprint density at radius 1 is 1.37 bits per heavy atom. The normalized spacial score (nSPS) is 11.7. The molecular formula is C15H24N2O2. The van der Waals surface area contributed by atoms with E-state index in [1.54, 1.807) is 0 Å². The predicted molar refractivity (Wildman–Crippen MR) is 78.6 cm³/mol. The van der Waals surface area contributed by atoms with Crippen LogP contribution in [0.3, 0.4) is 0 Å². The third kappa shape index (κ3) is 6.13. The topological polar surface area (TPSA) is 50.4 Å². The minimum Gasteiger partial charge on any atom is -0.491 e. The molecule has 4 nitrogen and oxygen atoms in total. The van der Waals surface area contributed by atoms with Crippen molar-refractivity contribution in [2.24, 2.45) is 0 Å². The third-order valence-electron chi connectivity index (χ3n) is 2.77. The highest BCUT2D eigenvalue weighted by Crippen LogP contribution is 2.18. The minimum atomic E-state index is 0.00935. The minimum absolute atomic E-state index is 0.00935. The first-order chi connectivity index (χ1) is 9.15. The quantitative estimate of drug-likeness (QED) is 0.759. The van der Waals surface area contributed by atoms with Crippen LogP contribution in [-0.2, 0) is 4.79 Å². The molecule has 19 heavy (non-hydrogen) atoms. The molecule has 1 rings (SSSR count). The Labute approximate surface area is 115 Å². The molecule has 0 radical (unpaired) electrons. The number of carbonyl (C=O) groups is 1. The number of amides is 1. The highest BCUT2D eigenvalue weighted by Gasteiger charge is 2.03. The Kier molecular flexibility index (Phi) is 6.79. The van der Waals surface area contributed by atoms with Crippen LogP contribution in [0.4, 0.5) is 5.69 Å². The lowest BCUT2D eigenvalue weighted by molar-refractivity contribution is -0.119. The van der Waals surface area contributed by atoms with Crippen molar-refractivity contribution in [3.63, 3.8) is 0 Å². The van der Waals surface area contributed by atoms with Gasteiger partial charge in [0.2, 0.25) is 5.91 Å². The van der Waals surface area contributed by atoms with Crippen molar-refractivity contribution in [1.29, 1.82) is 0 Å². The number of carbonyl (C=O) groups excluding carboxylic acids is 1. The van der Waals surface area contributed by atoms with Gasteiger partial charge < -0.3 is 15.4 Å². The first-order valence-electron chi connectivity index (χ1n) is 6.93. The van der Waals surface area contributed by atoms with Crippen molar-refractivity contribution in [1.82, 2.24) is 5.32 Å². The summed E-state index contributed by atoms with van der Waals surface area (Å²) in [6.07, 6.45) is 2.12. The average molecular weight is 264 g/mol. The lowest BCUT2D eigenvalue weighted by atomic mass is 10.2. The fourth-order valence-corrected chi connectivity index (χ4v) is 1.50. The Morgan fingerprint density at radius 3 is 2.84 bits per heavy atom. The second kappa shape index (κ2) is 8.40. The molecule has 0 fully saturated rings. The monoisotopic (exact) mass is 264 g/mol. The zero-order valence-corrected chi connectivity index (χ0v) is 12.0. The summed E-state index contributed by atoms with van der Waals surface area (Å²) in [5.74, 6) is 0.836. The van der Waals surface area contributed by atoms with Crippen molar-refractivity contribution >= 4 is 11.6 Å². The van der Waals surface area contributed by atoms with Gasteiger partial charge in [-0.3, -0.25) is 4.79 Å². The highest BCUT2D eigenvalue weighted by molar-refractivity contribution is 5.80. The molecule has 0 heterocycles. The second-order valence-electron chi connectivity index (χ2n) is 4.57. The molecule has 0 spiro atoms. The van der Waals surface area contributed by atoms with Crippen LogP contribution in [-0.4, -0.2) is 25.1 Å². The van der Waals surface area contributed by atoms with E-state index in [4.69, 9.17) is 4.74 Å². The summed E-state index contributed by atoms with van der Waals surface area (Å²) in [5.41, 5.74) is 0.896. The van der Waals surface area contributed by atoms with Crippen molar-refractivity contribution in [2.45, 2.75) is 39.7 Å². The van der Waals surface area contributed by atoms with E-state index in [0.717, 1.165) is 30.8 Å². The van der Waals surface area contributed by atoms with Crippen molar-refractivity contribution in [3.8, 4) is 5.75 Å². The van der Waals surface area contributed by atoms with Crippen molar-refractivity contribution in [3.05, 3.63) is 24.3 Å². The molecule has 0 aromatic heterocycles. The Morgan fingerprint density at radius 2 is 2.16 bits per heavy atom. The zero-order valence-electron chi connectivity index (χ0n) is 12.0. The number of nitrogens with one attached hydrogen (secondary N) is 2. The van der Waals surface area contributed by atoms with E-state index >= 15 is 0 Å². The summed E-state index contributed by atoms with van der Waals surface area (Å²) in [6.45, 7) is 7.16. The standard InChI is InChI=1S/C15H24N2O2/c1-4-9-16-15(18)11-17-13-7-6-8-14(10-13)19-12(3)5-2/h6-8,10,12,17H,4-5,9,11H2,1-3H3,(H,16,18). The molecule has 1 amide bonds. The van der Waals surface area contributed by atoms with Crippen LogP contribution in [0.25, 0.3) is 0 Å². The largest absolute Gasteiger partial charge is 0.491 e. The summed E-state index contributed by atoms with van der Waals surface area (Å²) in [6, 6.07) is 7.69. The Balaban J connectivity index is 2.45. The van der Waals surface area contributed by atoms with Crippen LogP contribution >= 0.6 is 0 Å². The molecule has 4 heteroatoms. The maximum atomic E-state index is 11.5. The number of benzene rings is 1. The predicted octanol–water partition coefficient (Wildman–Crippen LogP) is 2.80. The van der Waals surface area contributed by atoms with Gasteiger partial charge in [-0.2, -0.15) is 0 Å². The number of rotatable bonds is 8. The maximum absolute atomic E-state index is 11.5. The van der Waals surface area contributed by atoms with Crippen molar-refractivity contribution < 1.29 is 9.53 Å². The number of anilines is 1. The van der Waals surface area contributed by atoms with Crippen LogP contribution in [0, 0.1) is 0 Å². The molecule has 1 aromatic rings. The Hall–Kier alpha value is -1.71. The fraction of sp³-hybridized carbons (Fsp3) is 0.533. The van der Waals surface area contributed by atoms with Crippen molar-refractivity contribution in [2.75, 3.05) is 18.4 Å². The number of hydrogen-bond donors (Lipinski definition) is 2. The van der Waals surface area contributed by atoms with Crippen LogP contribution in [0.5, 0.6) is 5.75 Å². The summed E-state index contributed by atoms with van der Waals surface area (Å²) in [5, 5.41) is 5.92. The molecule has 1 atom stereocenters. The first kappa shape index (κ1) is 15.3. The van der Waals surface area contributed by atoms with Crippen LogP contribution in [0.2, 0.25) is 0 Å². The average Bonchev–Trinajstić information content (AvgIpc) is 2.43. The van der Waals surface area contributed by atoms with Crippen LogP contribution < -0.4 is 15.4 Å². The van der Waals surface area contributed by atoms with Gasteiger partial charge in [-0.25, -0.2) is 0 Å². The first-order valence-corrected chi connectivity index (χ1v) is 6.93. The molecule has 0 aliphatic heterocycles. The molecular weight excluding hydrogens is 240 g/mol. The van der Waals surface area contributed by atoms with Gasteiger partial charge >= 0.3 is 0 Å². The molecule has 2 N–H and O–H groups in total. The van der Waals surface area contributed by atoms with Crippen LogP contribution in [0.15, 0.2) is 24.3 Å². The van der Waals surface area contributed by atoms with Gasteiger partial charge in [0.05, 0.1) is 12.6 Å². The van der Waals surface area contributed by atoms with E-state index in [-0.39, 0.29) is 18.6 Å². The molecule has 0 saturated carbocycles. The zero-order chi connectivity index (χ0) is 14.1. The smallest absolute Gasteiger partial charge is 0.239 e. The molecule has 0 aliphatic rings. The van der Waals surface area contributed by atoms with E-state index in [0.29, 0.717) is 0 Å². The third-order valence-corrected chi connectivity index (χ3v) is 2.77. The van der Waals surface area contributed by atoms with Gasteiger partial charge in [0, 0.05) is 18.3 Å². The van der Waals surface area contributed by atoms with Gasteiger partial charge in [0.1, 0.15) is 5.75 Å². The maximum Gasteiger partial charge on any atom is 0.239 e. The summed E-state index contributed by atoms with van der Waals surface area (Å²) >= 11 is 0. The van der Waals surface area contributed by atoms with Gasteiger partial charge in [0.25, 0.3) is 0 Å². The van der Waals surface area contributed by atoms with E-state index < -0.39 is 0 Å². The van der Waals surface area contributed by atoms with Gasteiger partial charge in [-0.15, -0.1) is 0 Å². The van der Waals surface area contributed by atoms with E-state index in [1.165, 1.54) is 0 Å². The molecule has 0 saturated heterocycles. The van der Waals surface area contributed by atoms with Gasteiger partial charge in [0.15, 0.2) is 0 Å². The Bertz CT molecular complexity index is 393. The van der Waals surface area contributed by atoms with Gasteiger partial charge in [-0.05, 0) is 31.9 Å². The SMILES string of the molecule is CCCNC(=O)CNc1cccc(OC(C)CC)c1. The number of ether oxygens (including phenoxy) is 1. The summed E-state index contributed by atoms with van der Waals surface area (Å²) in [7, 11) is 0. The molecule has 1 aromatic carbocycles. The van der Waals surface area contributed by atoms with E-state index in [1.807, 2.05) is 38.1 Å².